The molecule has 0 atom stereocenters. The van der Waals surface area contributed by atoms with Crippen molar-refractivity contribution in [2.75, 3.05) is 29.9 Å². The number of benzene rings is 1. The van der Waals surface area contributed by atoms with Crippen LogP contribution in [0.1, 0.15) is 0 Å². The van der Waals surface area contributed by atoms with Crippen LogP contribution in [0.25, 0.3) is 0 Å². The Hall–Kier alpha value is -1.19. The van der Waals surface area contributed by atoms with E-state index in [-0.39, 0.29) is 18.8 Å². The van der Waals surface area contributed by atoms with Gasteiger partial charge in [-0.15, -0.1) is 0 Å². The third-order valence-electron chi connectivity index (χ3n) is 2.18. The van der Waals surface area contributed by atoms with E-state index in [0.717, 1.165) is 22.9 Å². The molecule has 0 amide bonds. The van der Waals surface area contributed by atoms with Crippen molar-refractivity contribution in [1.29, 1.82) is 0 Å². The Morgan fingerprint density at radius 2 is 1.84 bits per heavy atom. The summed E-state index contributed by atoms with van der Waals surface area (Å²) in [4.78, 5) is 0. The van der Waals surface area contributed by atoms with E-state index in [9.17, 15) is 21.2 Å². The molecule has 1 rings (SSSR count). The number of anilines is 1. The summed E-state index contributed by atoms with van der Waals surface area (Å²) in [5.74, 6) is -0.567. The van der Waals surface area contributed by atoms with Gasteiger partial charge in [-0.1, -0.05) is 6.07 Å². The van der Waals surface area contributed by atoms with Crippen LogP contribution < -0.4 is 9.03 Å². The molecule has 0 saturated heterocycles. The van der Waals surface area contributed by atoms with Crippen molar-refractivity contribution in [2.45, 2.75) is 0 Å². The second-order valence-corrected chi connectivity index (χ2v) is 7.72. The third-order valence-corrected chi connectivity index (χ3v) is 4.10. The number of sulfonamides is 2. The Bertz CT molecular complexity index is 643. The normalized spacial score (nSPS) is 12.4. The molecule has 0 aliphatic heterocycles. The monoisotopic (exact) mass is 310 g/mol. The van der Waals surface area contributed by atoms with E-state index in [4.69, 9.17) is 0 Å². The first-order valence-electron chi connectivity index (χ1n) is 5.27. The fourth-order valence-electron chi connectivity index (χ4n) is 1.45. The molecular formula is C10H15FN2O4S2. The van der Waals surface area contributed by atoms with Gasteiger partial charge in [0.15, 0.2) is 0 Å². The van der Waals surface area contributed by atoms with Gasteiger partial charge < -0.3 is 0 Å². The van der Waals surface area contributed by atoms with Crippen LogP contribution in [-0.4, -0.2) is 42.4 Å². The van der Waals surface area contributed by atoms with Crippen molar-refractivity contribution in [3.63, 3.8) is 0 Å². The lowest BCUT2D eigenvalue weighted by atomic mass is 10.3. The quantitative estimate of drug-likeness (QED) is 0.810. The fourth-order valence-corrected chi connectivity index (χ4v) is 2.83. The number of rotatable bonds is 6. The molecule has 0 aliphatic rings. The molecule has 0 saturated carbocycles. The van der Waals surface area contributed by atoms with Gasteiger partial charge in [-0.3, -0.25) is 4.31 Å². The molecule has 0 aliphatic carbocycles. The second kappa shape index (κ2) is 5.85. The van der Waals surface area contributed by atoms with Gasteiger partial charge in [0.2, 0.25) is 20.0 Å². The number of nitrogens with one attached hydrogen (secondary N) is 1. The molecule has 0 heterocycles. The van der Waals surface area contributed by atoms with Crippen LogP contribution in [-0.2, 0) is 20.0 Å². The molecule has 6 nitrogen and oxygen atoms in total. The number of hydrogen-bond donors (Lipinski definition) is 1. The maximum absolute atomic E-state index is 13.1. The Labute approximate surface area is 112 Å². The van der Waals surface area contributed by atoms with Crippen LogP contribution >= 0.6 is 0 Å². The topological polar surface area (TPSA) is 83.6 Å². The maximum atomic E-state index is 13.1. The first kappa shape index (κ1) is 15.9. The average Bonchev–Trinajstić information content (AvgIpc) is 2.21. The minimum absolute atomic E-state index is 0.0948. The molecule has 19 heavy (non-hydrogen) atoms. The number of halogens is 1. The van der Waals surface area contributed by atoms with E-state index in [2.05, 4.69) is 4.72 Å². The van der Waals surface area contributed by atoms with Crippen molar-refractivity contribution in [1.82, 2.24) is 4.72 Å². The average molecular weight is 310 g/mol. The zero-order valence-electron chi connectivity index (χ0n) is 10.5. The van der Waals surface area contributed by atoms with Crippen LogP contribution in [0.4, 0.5) is 10.1 Å². The van der Waals surface area contributed by atoms with Crippen LogP contribution in [0.3, 0.4) is 0 Å². The summed E-state index contributed by atoms with van der Waals surface area (Å²) in [6.07, 6.45) is 1.94. The van der Waals surface area contributed by atoms with Crippen molar-refractivity contribution in [3.8, 4) is 0 Å². The first-order chi connectivity index (χ1) is 8.59. The Morgan fingerprint density at radius 1 is 1.21 bits per heavy atom. The van der Waals surface area contributed by atoms with E-state index in [0.29, 0.717) is 0 Å². The predicted molar refractivity (Wildman–Crippen MR) is 71.4 cm³/mol. The summed E-state index contributed by atoms with van der Waals surface area (Å²) in [6, 6.07) is 5.08. The molecule has 0 radical (unpaired) electrons. The Morgan fingerprint density at radius 3 is 2.32 bits per heavy atom. The van der Waals surface area contributed by atoms with E-state index in [1.165, 1.54) is 18.2 Å². The van der Waals surface area contributed by atoms with Crippen LogP contribution in [0.15, 0.2) is 24.3 Å². The Balaban J connectivity index is 2.92. The SMILES string of the molecule is CS(=O)(=O)NCCN(c1cccc(F)c1)S(C)(=O)=O. The van der Waals surface area contributed by atoms with Gasteiger partial charge in [-0.25, -0.2) is 25.9 Å². The summed E-state index contributed by atoms with van der Waals surface area (Å²) in [6.45, 7) is -0.211. The molecule has 0 fully saturated rings. The first-order valence-corrected chi connectivity index (χ1v) is 9.01. The molecular weight excluding hydrogens is 295 g/mol. The highest BCUT2D eigenvalue weighted by atomic mass is 32.2. The van der Waals surface area contributed by atoms with Gasteiger partial charge in [-0.2, -0.15) is 0 Å². The largest absolute Gasteiger partial charge is 0.269 e. The van der Waals surface area contributed by atoms with Gasteiger partial charge in [0.1, 0.15) is 5.82 Å². The van der Waals surface area contributed by atoms with Gasteiger partial charge in [0, 0.05) is 13.1 Å². The van der Waals surface area contributed by atoms with Crippen molar-refractivity contribution in [2.24, 2.45) is 0 Å². The standard InChI is InChI=1S/C10H15FN2O4S2/c1-18(14,15)12-6-7-13(19(2,16)17)10-5-3-4-9(11)8-10/h3-5,8,12H,6-7H2,1-2H3. The highest BCUT2D eigenvalue weighted by Crippen LogP contribution is 2.17. The van der Waals surface area contributed by atoms with E-state index in [1.54, 1.807) is 0 Å². The second-order valence-electron chi connectivity index (χ2n) is 3.98. The Kier molecular flexibility index (Phi) is 4.88. The molecule has 1 aromatic rings. The van der Waals surface area contributed by atoms with E-state index < -0.39 is 25.9 Å². The minimum Gasteiger partial charge on any atom is -0.269 e. The molecule has 0 aromatic heterocycles. The van der Waals surface area contributed by atoms with Crippen LogP contribution in [0.5, 0.6) is 0 Å². The van der Waals surface area contributed by atoms with Gasteiger partial charge in [-0.05, 0) is 18.2 Å². The predicted octanol–water partition coefficient (Wildman–Crippen LogP) is 0.141. The van der Waals surface area contributed by atoms with Gasteiger partial charge >= 0.3 is 0 Å². The summed E-state index contributed by atoms with van der Waals surface area (Å²) in [5.41, 5.74) is 0.151. The summed E-state index contributed by atoms with van der Waals surface area (Å²) in [5, 5.41) is 0. The highest BCUT2D eigenvalue weighted by molar-refractivity contribution is 7.92. The molecule has 0 spiro atoms. The zero-order valence-corrected chi connectivity index (χ0v) is 12.1. The minimum atomic E-state index is -3.62. The summed E-state index contributed by atoms with van der Waals surface area (Å²) >= 11 is 0. The zero-order chi connectivity index (χ0) is 14.7. The van der Waals surface area contributed by atoms with Crippen molar-refractivity contribution >= 4 is 25.7 Å². The lowest BCUT2D eigenvalue weighted by molar-refractivity contribution is 0.582. The smallest absolute Gasteiger partial charge is 0.232 e. The molecule has 108 valence electrons. The molecule has 9 heteroatoms. The molecule has 0 bridgehead atoms. The van der Waals surface area contributed by atoms with Crippen LogP contribution in [0, 0.1) is 5.82 Å². The lowest BCUT2D eigenvalue weighted by Crippen LogP contribution is -2.37. The van der Waals surface area contributed by atoms with Crippen LogP contribution in [0.2, 0.25) is 0 Å². The highest BCUT2D eigenvalue weighted by Gasteiger charge is 2.17. The molecule has 1 N–H and O–H groups in total. The van der Waals surface area contributed by atoms with Gasteiger partial charge in [0.25, 0.3) is 0 Å². The fraction of sp³-hybridized carbons (Fsp3) is 0.400. The van der Waals surface area contributed by atoms with E-state index >= 15 is 0 Å². The summed E-state index contributed by atoms with van der Waals surface area (Å²) in [7, 11) is -7.02. The third kappa shape index (κ3) is 5.53. The summed E-state index contributed by atoms with van der Waals surface area (Å²) < 4.78 is 61.3. The lowest BCUT2D eigenvalue weighted by Gasteiger charge is -2.22. The maximum Gasteiger partial charge on any atom is 0.232 e. The van der Waals surface area contributed by atoms with Crippen molar-refractivity contribution < 1.29 is 21.2 Å². The van der Waals surface area contributed by atoms with E-state index in [1.807, 2.05) is 0 Å². The number of nitrogens with zero attached hydrogens (tertiary/aromatic N) is 1. The van der Waals surface area contributed by atoms with Gasteiger partial charge in [0.05, 0.1) is 18.2 Å². The molecule has 1 aromatic carbocycles. The van der Waals surface area contributed by atoms with Crippen molar-refractivity contribution in [3.05, 3.63) is 30.1 Å². The molecule has 0 unspecified atom stereocenters. The number of hydrogen-bond acceptors (Lipinski definition) is 4.